The zero-order valence-electron chi connectivity index (χ0n) is 8.06. The average molecular weight is 207 g/mol. The van der Waals surface area contributed by atoms with Gasteiger partial charge in [0.05, 0.1) is 12.7 Å². The van der Waals surface area contributed by atoms with Crippen LogP contribution in [0.5, 0.6) is 0 Å². The molecule has 4 nitrogen and oxygen atoms in total. The smallest absolute Gasteiger partial charge is 0.222 e. The molecule has 0 fully saturated rings. The van der Waals surface area contributed by atoms with E-state index in [1.165, 1.54) is 11.8 Å². The van der Waals surface area contributed by atoms with Crippen LogP contribution in [0.25, 0.3) is 0 Å². The van der Waals surface area contributed by atoms with Crippen molar-refractivity contribution in [2.24, 2.45) is 0 Å². The van der Waals surface area contributed by atoms with E-state index in [4.69, 9.17) is 10.2 Å². The lowest BCUT2D eigenvalue weighted by molar-refractivity contribution is -0.128. The maximum atomic E-state index is 11.1. The minimum Gasteiger partial charge on any atom is -0.394 e. The topological polar surface area (TPSA) is 60.8 Å². The third kappa shape index (κ3) is 6.86. The van der Waals surface area contributed by atoms with Crippen molar-refractivity contribution in [3.8, 4) is 0 Å². The predicted molar refractivity (Wildman–Crippen MR) is 53.7 cm³/mol. The Kier molecular flexibility index (Phi) is 7.03. The molecule has 2 N–H and O–H groups in total. The van der Waals surface area contributed by atoms with E-state index in [-0.39, 0.29) is 12.5 Å². The van der Waals surface area contributed by atoms with Crippen LogP contribution < -0.4 is 0 Å². The number of carbonyl (C=O) groups excluding carboxylic acids is 1. The lowest BCUT2D eigenvalue weighted by atomic mass is 10.4. The molecule has 1 unspecified atom stereocenters. The van der Waals surface area contributed by atoms with Crippen molar-refractivity contribution in [3.05, 3.63) is 0 Å². The highest BCUT2D eigenvalue weighted by Crippen LogP contribution is 2.05. The van der Waals surface area contributed by atoms with Crippen LogP contribution in [0.4, 0.5) is 0 Å². The molecule has 1 atom stereocenters. The number of amides is 1. The van der Waals surface area contributed by atoms with Gasteiger partial charge in [0, 0.05) is 32.0 Å². The van der Waals surface area contributed by atoms with Crippen LogP contribution >= 0.6 is 11.8 Å². The zero-order chi connectivity index (χ0) is 10.3. The Morgan fingerprint density at radius 2 is 2.15 bits per heavy atom. The van der Waals surface area contributed by atoms with Gasteiger partial charge >= 0.3 is 0 Å². The van der Waals surface area contributed by atoms with Crippen LogP contribution in [0.1, 0.15) is 6.42 Å². The third-order valence-corrected chi connectivity index (χ3v) is 2.59. The van der Waals surface area contributed by atoms with Crippen molar-refractivity contribution in [2.45, 2.75) is 12.5 Å². The molecular formula is C8H17NO3S. The molecule has 0 aromatic carbocycles. The third-order valence-electron chi connectivity index (χ3n) is 1.48. The molecule has 0 saturated carbocycles. The van der Waals surface area contributed by atoms with Gasteiger partial charge in [0.25, 0.3) is 0 Å². The van der Waals surface area contributed by atoms with E-state index >= 15 is 0 Å². The summed E-state index contributed by atoms with van der Waals surface area (Å²) in [4.78, 5) is 12.6. The van der Waals surface area contributed by atoms with Gasteiger partial charge in [0.15, 0.2) is 0 Å². The fourth-order valence-corrected chi connectivity index (χ4v) is 1.52. The van der Waals surface area contributed by atoms with Gasteiger partial charge in [0.2, 0.25) is 5.91 Å². The minimum absolute atomic E-state index is 0.0889. The molecule has 5 heteroatoms. The molecule has 0 spiro atoms. The van der Waals surface area contributed by atoms with Gasteiger partial charge in [0.1, 0.15) is 0 Å². The van der Waals surface area contributed by atoms with Crippen LogP contribution in [0.3, 0.4) is 0 Å². The highest BCUT2D eigenvalue weighted by Gasteiger charge is 2.05. The largest absolute Gasteiger partial charge is 0.394 e. The Morgan fingerprint density at radius 1 is 1.54 bits per heavy atom. The molecule has 0 saturated heterocycles. The van der Waals surface area contributed by atoms with Crippen LogP contribution in [-0.4, -0.2) is 59.3 Å². The summed E-state index contributed by atoms with van der Waals surface area (Å²) in [5.74, 6) is 1.26. The Balaban J connectivity index is 3.31. The molecule has 0 aliphatic rings. The van der Waals surface area contributed by atoms with Crippen LogP contribution in [0, 0.1) is 0 Å². The second-order valence-electron chi connectivity index (χ2n) is 2.95. The first-order chi connectivity index (χ1) is 6.07. The molecule has 0 bridgehead atoms. The number of carbonyl (C=O) groups is 1. The molecule has 0 radical (unpaired) electrons. The molecular weight excluding hydrogens is 190 g/mol. The maximum Gasteiger partial charge on any atom is 0.222 e. The first kappa shape index (κ1) is 12.7. The SMILES string of the molecule is CN(C)C(=O)CCSCC(O)CO. The summed E-state index contributed by atoms with van der Waals surface area (Å²) in [7, 11) is 3.44. The van der Waals surface area contributed by atoms with Crippen LogP contribution in [0.2, 0.25) is 0 Å². The summed E-state index contributed by atoms with van der Waals surface area (Å²) >= 11 is 1.47. The Morgan fingerprint density at radius 3 is 2.62 bits per heavy atom. The first-order valence-corrected chi connectivity index (χ1v) is 5.30. The highest BCUT2D eigenvalue weighted by molar-refractivity contribution is 7.99. The lowest BCUT2D eigenvalue weighted by Crippen LogP contribution is -2.22. The fourth-order valence-electron chi connectivity index (χ4n) is 0.655. The van der Waals surface area contributed by atoms with Gasteiger partial charge in [-0.25, -0.2) is 0 Å². The second kappa shape index (κ2) is 7.17. The molecule has 0 rings (SSSR count). The Labute approximate surface area is 82.9 Å². The molecule has 0 aliphatic heterocycles. The Hall–Kier alpha value is -0.260. The van der Waals surface area contributed by atoms with Gasteiger partial charge in [-0.3, -0.25) is 4.79 Å². The summed E-state index contributed by atoms with van der Waals surface area (Å²) in [5, 5.41) is 17.5. The van der Waals surface area contributed by atoms with E-state index in [2.05, 4.69) is 0 Å². The molecule has 0 heterocycles. The van der Waals surface area contributed by atoms with Crippen molar-refractivity contribution < 1.29 is 15.0 Å². The van der Waals surface area contributed by atoms with Crippen LogP contribution in [-0.2, 0) is 4.79 Å². The van der Waals surface area contributed by atoms with Gasteiger partial charge in [-0.2, -0.15) is 11.8 Å². The highest BCUT2D eigenvalue weighted by atomic mass is 32.2. The molecule has 1 amide bonds. The fraction of sp³-hybridized carbons (Fsp3) is 0.875. The second-order valence-corrected chi connectivity index (χ2v) is 4.10. The standard InChI is InChI=1S/C8H17NO3S/c1-9(2)8(12)3-4-13-6-7(11)5-10/h7,10-11H,3-6H2,1-2H3. The quantitative estimate of drug-likeness (QED) is 0.579. The van der Waals surface area contributed by atoms with Gasteiger partial charge in [-0.15, -0.1) is 0 Å². The van der Waals surface area contributed by atoms with E-state index in [0.29, 0.717) is 17.9 Å². The molecule has 13 heavy (non-hydrogen) atoms. The van der Waals surface area contributed by atoms with Gasteiger partial charge < -0.3 is 15.1 Å². The molecule has 78 valence electrons. The van der Waals surface area contributed by atoms with Crippen molar-refractivity contribution in [2.75, 3.05) is 32.2 Å². The lowest BCUT2D eigenvalue weighted by Gasteiger charge is -2.10. The maximum absolute atomic E-state index is 11.1. The van der Waals surface area contributed by atoms with E-state index in [0.717, 1.165) is 0 Å². The summed E-state index contributed by atoms with van der Waals surface area (Å²) in [6, 6.07) is 0. The number of rotatable bonds is 6. The van der Waals surface area contributed by atoms with E-state index in [9.17, 15) is 4.79 Å². The van der Waals surface area contributed by atoms with E-state index in [1.807, 2.05) is 0 Å². The number of aliphatic hydroxyl groups is 2. The van der Waals surface area contributed by atoms with E-state index in [1.54, 1.807) is 19.0 Å². The Bertz CT molecular complexity index is 152. The van der Waals surface area contributed by atoms with Crippen molar-refractivity contribution in [1.82, 2.24) is 4.90 Å². The number of hydrogen-bond acceptors (Lipinski definition) is 4. The normalized spacial score (nSPS) is 12.6. The molecule has 0 aliphatic carbocycles. The average Bonchev–Trinajstić information content (AvgIpc) is 2.11. The number of aliphatic hydroxyl groups excluding tert-OH is 2. The molecule has 0 aromatic rings. The minimum atomic E-state index is -0.667. The summed E-state index contributed by atoms with van der Waals surface area (Å²) in [6.45, 7) is -0.214. The monoisotopic (exact) mass is 207 g/mol. The van der Waals surface area contributed by atoms with E-state index < -0.39 is 6.10 Å². The van der Waals surface area contributed by atoms with Gasteiger partial charge in [-0.05, 0) is 0 Å². The van der Waals surface area contributed by atoms with Crippen LogP contribution in [0.15, 0.2) is 0 Å². The summed E-state index contributed by atoms with van der Waals surface area (Å²) in [5.41, 5.74) is 0. The number of thioether (sulfide) groups is 1. The summed E-state index contributed by atoms with van der Waals surface area (Å²) < 4.78 is 0. The van der Waals surface area contributed by atoms with Gasteiger partial charge in [-0.1, -0.05) is 0 Å². The number of hydrogen-bond donors (Lipinski definition) is 2. The van der Waals surface area contributed by atoms with Crippen molar-refractivity contribution in [1.29, 1.82) is 0 Å². The summed E-state index contributed by atoms with van der Waals surface area (Å²) in [6.07, 6.45) is -0.185. The number of nitrogens with zero attached hydrogens (tertiary/aromatic N) is 1. The predicted octanol–water partition coefficient (Wildman–Crippen LogP) is -0.449. The van der Waals surface area contributed by atoms with Crippen molar-refractivity contribution in [3.63, 3.8) is 0 Å². The zero-order valence-corrected chi connectivity index (χ0v) is 8.88. The van der Waals surface area contributed by atoms with Crippen molar-refractivity contribution >= 4 is 17.7 Å². The first-order valence-electron chi connectivity index (χ1n) is 4.14. The molecule has 0 aromatic heterocycles.